The second kappa shape index (κ2) is 11.3. The lowest BCUT2D eigenvalue weighted by atomic mass is 10.1. The summed E-state index contributed by atoms with van der Waals surface area (Å²) in [6, 6.07) is 5.41. The van der Waals surface area contributed by atoms with E-state index in [0.29, 0.717) is 0 Å². The molecule has 2 atom stereocenters. The van der Waals surface area contributed by atoms with Crippen LogP contribution >= 0.6 is 0 Å². The molecule has 0 amide bonds. The maximum Gasteiger partial charge on any atom is 0.339 e. The van der Waals surface area contributed by atoms with Crippen molar-refractivity contribution in [2.75, 3.05) is 13.2 Å². The quantitative estimate of drug-likeness (QED) is 0.242. The molecule has 0 aromatic heterocycles. The van der Waals surface area contributed by atoms with E-state index in [1.807, 2.05) is 0 Å². The normalized spacial score (nSPS) is 12.1. The van der Waals surface area contributed by atoms with Gasteiger partial charge in [-0.1, -0.05) is 25.3 Å². The van der Waals surface area contributed by atoms with Gasteiger partial charge >= 0.3 is 23.9 Å². The van der Waals surface area contributed by atoms with Gasteiger partial charge < -0.3 is 29.2 Å². The number of hydrogen-bond donors (Lipinski definition) is 2. The molecule has 0 saturated heterocycles. The van der Waals surface area contributed by atoms with Crippen molar-refractivity contribution in [1.29, 1.82) is 0 Å². The van der Waals surface area contributed by atoms with Crippen LogP contribution in [0.2, 0.25) is 0 Å². The molecular weight excluding hydrogens is 376 g/mol. The molecule has 0 bridgehead atoms. The fraction of sp³-hybridized carbons (Fsp3) is 0.222. The maximum atomic E-state index is 12.1. The average Bonchev–Trinajstić information content (AvgIpc) is 2.69. The third-order valence-corrected chi connectivity index (χ3v) is 2.92. The van der Waals surface area contributed by atoms with Gasteiger partial charge in [0.25, 0.3) is 0 Å². The fourth-order valence-corrected chi connectivity index (χ4v) is 1.72. The zero-order valence-electron chi connectivity index (χ0n) is 14.6. The molecule has 2 N–H and O–H groups in total. The van der Waals surface area contributed by atoms with Crippen LogP contribution in [0.15, 0.2) is 49.6 Å². The third kappa shape index (κ3) is 7.40. The summed E-state index contributed by atoms with van der Waals surface area (Å²) < 4.78 is 18.4. The van der Waals surface area contributed by atoms with E-state index in [4.69, 9.17) is 9.47 Å². The number of esters is 4. The second-order valence-electron chi connectivity index (χ2n) is 4.93. The first-order chi connectivity index (χ1) is 13.3. The van der Waals surface area contributed by atoms with Crippen molar-refractivity contribution in [3.05, 3.63) is 60.7 Å². The first-order valence-electron chi connectivity index (χ1n) is 7.74. The molecule has 10 heteroatoms. The molecule has 0 aliphatic rings. The summed E-state index contributed by atoms with van der Waals surface area (Å²) in [4.78, 5) is 46.1. The highest BCUT2D eigenvalue weighted by Crippen LogP contribution is 2.13. The molecule has 1 aromatic carbocycles. The van der Waals surface area contributed by atoms with Crippen LogP contribution in [-0.4, -0.2) is 59.9 Å². The predicted octanol–water partition coefficient (Wildman–Crippen LogP) is 0.0954. The highest BCUT2D eigenvalue weighted by molar-refractivity contribution is 6.03. The van der Waals surface area contributed by atoms with Crippen molar-refractivity contribution < 1.29 is 48.3 Å². The highest BCUT2D eigenvalue weighted by Gasteiger charge is 2.22. The van der Waals surface area contributed by atoms with Crippen LogP contribution in [0, 0.1) is 0 Å². The standard InChI is InChI=1S/C18H18O10/c1-3-13(19)27-15(21)9-25-17(23)11-7-5-6-8-12(11)18(24)26-10-16(22)28-14(20)4-2/h3-8,15-16,21-22H,1-2,9-10H2. The van der Waals surface area contributed by atoms with Crippen molar-refractivity contribution in [3.8, 4) is 0 Å². The summed E-state index contributed by atoms with van der Waals surface area (Å²) in [6.45, 7) is 4.92. The largest absolute Gasteiger partial charge is 0.455 e. The number of hydrogen-bond acceptors (Lipinski definition) is 10. The van der Waals surface area contributed by atoms with E-state index < -0.39 is 49.7 Å². The van der Waals surface area contributed by atoms with Gasteiger partial charge in [0.05, 0.1) is 11.1 Å². The maximum absolute atomic E-state index is 12.1. The fourth-order valence-electron chi connectivity index (χ4n) is 1.72. The van der Waals surface area contributed by atoms with Gasteiger partial charge in [0.2, 0.25) is 12.6 Å². The first kappa shape index (κ1) is 22.5. The van der Waals surface area contributed by atoms with Crippen molar-refractivity contribution >= 4 is 23.9 Å². The Bertz CT molecular complexity index is 691. The highest BCUT2D eigenvalue weighted by atomic mass is 16.7. The molecule has 0 aliphatic carbocycles. The molecule has 0 saturated carbocycles. The summed E-state index contributed by atoms with van der Waals surface area (Å²) in [7, 11) is 0. The van der Waals surface area contributed by atoms with Crippen LogP contribution in [0.4, 0.5) is 0 Å². The summed E-state index contributed by atoms with van der Waals surface area (Å²) in [6.07, 6.45) is -1.81. The Kier molecular flexibility index (Phi) is 9.07. The average molecular weight is 394 g/mol. The molecule has 0 spiro atoms. The van der Waals surface area contributed by atoms with Crippen molar-refractivity contribution in [2.24, 2.45) is 0 Å². The minimum Gasteiger partial charge on any atom is -0.455 e. The molecule has 1 aromatic rings. The van der Waals surface area contributed by atoms with E-state index in [-0.39, 0.29) is 11.1 Å². The Morgan fingerprint density at radius 2 is 1.18 bits per heavy atom. The van der Waals surface area contributed by atoms with E-state index in [9.17, 15) is 29.4 Å². The number of rotatable bonds is 10. The van der Waals surface area contributed by atoms with Crippen LogP contribution in [0.3, 0.4) is 0 Å². The second-order valence-corrected chi connectivity index (χ2v) is 4.93. The smallest absolute Gasteiger partial charge is 0.339 e. The number of carbonyl (C=O) groups excluding carboxylic acids is 4. The lowest BCUT2D eigenvalue weighted by Gasteiger charge is -2.14. The SMILES string of the molecule is C=CC(=O)OC(O)COC(=O)c1ccccc1C(=O)OCC(O)OC(=O)C=C. The molecule has 0 fully saturated rings. The van der Waals surface area contributed by atoms with E-state index in [1.54, 1.807) is 0 Å². The van der Waals surface area contributed by atoms with Crippen LogP contribution in [0.5, 0.6) is 0 Å². The number of aliphatic hydroxyl groups excluding tert-OH is 2. The number of aliphatic hydroxyl groups is 2. The van der Waals surface area contributed by atoms with E-state index in [2.05, 4.69) is 22.6 Å². The van der Waals surface area contributed by atoms with Gasteiger partial charge in [-0.2, -0.15) is 0 Å². The molecule has 0 aliphatic heterocycles. The van der Waals surface area contributed by atoms with Gasteiger partial charge in [-0.25, -0.2) is 19.2 Å². The lowest BCUT2D eigenvalue weighted by Crippen LogP contribution is -2.26. The Balaban J connectivity index is 2.70. The number of carbonyl (C=O) groups is 4. The van der Waals surface area contributed by atoms with E-state index in [1.165, 1.54) is 24.3 Å². The van der Waals surface area contributed by atoms with Gasteiger partial charge in [-0.15, -0.1) is 0 Å². The minimum atomic E-state index is -1.72. The van der Waals surface area contributed by atoms with Crippen LogP contribution in [0.1, 0.15) is 20.7 Å². The molecule has 28 heavy (non-hydrogen) atoms. The number of benzene rings is 1. The van der Waals surface area contributed by atoms with Gasteiger partial charge in [0.1, 0.15) is 0 Å². The summed E-state index contributed by atoms with van der Waals surface area (Å²) in [5, 5.41) is 18.9. The predicted molar refractivity (Wildman–Crippen MR) is 91.6 cm³/mol. The summed E-state index contributed by atoms with van der Waals surface area (Å²) in [5.41, 5.74) is -0.403. The van der Waals surface area contributed by atoms with Gasteiger partial charge in [0.15, 0.2) is 13.2 Å². The van der Waals surface area contributed by atoms with E-state index in [0.717, 1.165) is 12.2 Å². The van der Waals surface area contributed by atoms with Crippen molar-refractivity contribution in [3.63, 3.8) is 0 Å². The molecule has 0 radical (unpaired) electrons. The summed E-state index contributed by atoms with van der Waals surface area (Å²) >= 11 is 0. The molecule has 10 nitrogen and oxygen atoms in total. The Morgan fingerprint density at radius 3 is 1.50 bits per heavy atom. The van der Waals surface area contributed by atoms with Crippen molar-refractivity contribution in [2.45, 2.75) is 12.6 Å². The molecule has 150 valence electrons. The Hall–Kier alpha value is -3.50. The van der Waals surface area contributed by atoms with Crippen LogP contribution in [0.25, 0.3) is 0 Å². The summed E-state index contributed by atoms with van der Waals surface area (Å²) in [5.74, 6) is -3.83. The zero-order chi connectivity index (χ0) is 21.1. The van der Waals surface area contributed by atoms with Gasteiger partial charge in [-0.05, 0) is 12.1 Å². The molecule has 2 unspecified atom stereocenters. The first-order valence-corrected chi connectivity index (χ1v) is 7.74. The molecule has 1 rings (SSSR count). The van der Waals surface area contributed by atoms with Crippen LogP contribution < -0.4 is 0 Å². The molecular formula is C18H18O10. The topological polar surface area (TPSA) is 146 Å². The Labute approximate surface area is 159 Å². The third-order valence-electron chi connectivity index (χ3n) is 2.92. The van der Waals surface area contributed by atoms with Crippen molar-refractivity contribution in [1.82, 2.24) is 0 Å². The monoisotopic (exact) mass is 394 g/mol. The van der Waals surface area contributed by atoms with E-state index >= 15 is 0 Å². The zero-order valence-corrected chi connectivity index (χ0v) is 14.6. The lowest BCUT2D eigenvalue weighted by molar-refractivity contribution is -0.169. The Morgan fingerprint density at radius 1 is 0.821 bits per heavy atom. The minimum absolute atomic E-state index is 0.202. The van der Waals surface area contributed by atoms with Gasteiger partial charge in [0, 0.05) is 12.2 Å². The van der Waals surface area contributed by atoms with Crippen LogP contribution in [-0.2, 0) is 28.5 Å². The molecule has 0 heterocycles. The van der Waals surface area contributed by atoms with Gasteiger partial charge in [-0.3, -0.25) is 0 Å². The number of ether oxygens (including phenoxy) is 4.